The van der Waals surface area contributed by atoms with Gasteiger partial charge in [0.15, 0.2) is 0 Å². The minimum absolute atomic E-state index is 0.0225. The standard InChI is InChI=1S/C22H33N3O3S/c1-15(2)13-19(26)24-21(16(3)4)22(28)23-18-7-5-17(6-8-18)14-20(27)25-9-11-29-12-10-25/h5-8,15-16,21H,9-14H2,1-4H3,(H,23,28)(H,24,26). The number of carbonyl (C=O) groups is 3. The maximum Gasteiger partial charge on any atom is 0.247 e. The molecule has 29 heavy (non-hydrogen) atoms. The monoisotopic (exact) mass is 419 g/mol. The predicted molar refractivity (Wildman–Crippen MR) is 119 cm³/mol. The fourth-order valence-electron chi connectivity index (χ4n) is 3.16. The third-order valence-corrected chi connectivity index (χ3v) is 5.74. The van der Waals surface area contributed by atoms with Crippen molar-refractivity contribution in [1.82, 2.24) is 10.2 Å². The van der Waals surface area contributed by atoms with Gasteiger partial charge in [0, 0.05) is 36.7 Å². The highest BCUT2D eigenvalue weighted by Gasteiger charge is 2.24. The Bertz CT molecular complexity index is 698. The third kappa shape index (κ3) is 7.72. The first-order valence-corrected chi connectivity index (χ1v) is 11.5. The number of thioether (sulfide) groups is 1. The molecule has 3 amide bonds. The fraction of sp³-hybridized carbons (Fsp3) is 0.591. The molecule has 0 saturated carbocycles. The van der Waals surface area contributed by atoms with Gasteiger partial charge >= 0.3 is 0 Å². The number of nitrogens with one attached hydrogen (secondary N) is 2. The average molecular weight is 420 g/mol. The fourth-order valence-corrected chi connectivity index (χ4v) is 4.07. The van der Waals surface area contributed by atoms with Gasteiger partial charge in [-0.2, -0.15) is 11.8 Å². The highest BCUT2D eigenvalue weighted by atomic mass is 32.2. The lowest BCUT2D eigenvalue weighted by molar-refractivity contribution is -0.130. The van der Waals surface area contributed by atoms with Crippen LogP contribution >= 0.6 is 11.8 Å². The van der Waals surface area contributed by atoms with Crippen LogP contribution in [0.2, 0.25) is 0 Å². The Morgan fingerprint density at radius 1 is 1.03 bits per heavy atom. The SMILES string of the molecule is CC(C)CC(=O)NC(C(=O)Nc1ccc(CC(=O)N2CCSCC2)cc1)C(C)C. The number of hydrogen-bond acceptors (Lipinski definition) is 4. The summed E-state index contributed by atoms with van der Waals surface area (Å²) < 4.78 is 0. The zero-order valence-electron chi connectivity index (χ0n) is 17.9. The van der Waals surface area contributed by atoms with Crippen molar-refractivity contribution in [2.24, 2.45) is 11.8 Å². The molecule has 2 rings (SSSR count). The smallest absolute Gasteiger partial charge is 0.247 e. The van der Waals surface area contributed by atoms with Gasteiger partial charge in [0.2, 0.25) is 17.7 Å². The maximum atomic E-state index is 12.7. The van der Waals surface area contributed by atoms with Gasteiger partial charge in [0.25, 0.3) is 0 Å². The van der Waals surface area contributed by atoms with Gasteiger partial charge in [0.05, 0.1) is 6.42 Å². The summed E-state index contributed by atoms with van der Waals surface area (Å²) >= 11 is 1.88. The van der Waals surface area contributed by atoms with Crippen LogP contribution in [0.1, 0.15) is 39.7 Å². The van der Waals surface area contributed by atoms with Gasteiger partial charge in [-0.15, -0.1) is 0 Å². The molecule has 1 heterocycles. The van der Waals surface area contributed by atoms with Crippen molar-refractivity contribution in [2.45, 2.75) is 46.6 Å². The van der Waals surface area contributed by atoms with Crippen molar-refractivity contribution in [3.05, 3.63) is 29.8 Å². The van der Waals surface area contributed by atoms with Crippen LogP contribution in [0, 0.1) is 11.8 Å². The maximum absolute atomic E-state index is 12.7. The van der Waals surface area contributed by atoms with Crippen molar-refractivity contribution in [3.63, 3.8) is 0 Å². The lowest BCUT2D eigenvalue weighted by Crippen LogP contribution is -2.47. The first-order chi connectivity index (χ1) is 13.8. The predicted octanol–water partition coefficient (Wildman–Crippen LogP) is 2.93. The van der Waals surface area contributed by atoms with Crippen LogP contribution in [0.4, 0.5) is 5.69 Å². The molecule has 0 radical (unpaired) electrons. The Morgan fingerprint density at radius 3 is 2.21 bits per heavy atom. The number of carbonyl (C=O) groups excluding carboxylic acids is 3. The first kappa shape index (κ1) is 23.3. The zero-order valence-corrected chi connectivity index (χ0v) is 18.7. The van der Waals surface area contributed by atoms with E-state index in [1.807, 2.05) is 56.5 Å². The highest BCUT2D eigenvalue weighted by molar-refractivity contribution is 7.99. The molecule has 1 aromatic rings. The zero-order chi connectivity index (χ0) is 21.4. The lowest BCUT2D eigenvalue weighted by Gasteiger charge is -2.26. The van der Waals surface area contributed by atoms with Crippen LogP contribution in [0.3, 0.4) is 0 Å². The third-order valence-electron chi connectivity index (χ3n) is 4.80. The molecule has 0 aromatic heterocycles. The van der Waals surface area contributed by atoms with E-state index in [9.17, 15) is 14.4 Å². The normalized spacial score (nSPS) is 15.3. The molecule has 1 fully saturated rings. The molecule has 160 valence electrons. The van der Waals surface area contributed by atoms with E-state index in [0.29, 0.717) is 18.5 Å². The van der Waals surface area contributed by atoms with Crippen LogP contribution in [-0.4, -0.2) is 53.3 Å². The molecule has 6 nitrogen and oxygen atoms in total. The van der Waals surface area contributed by atoms with Crippen molar-refractivity contribution >= 4 is 35.2 Å². The Hall–Kier alpha value is -2.02. The van der Waals surface area contributed by atoms with Crippen molar-refractivity contribution in [2.75, 3.05) is 29.9 Å². The molecule has 1 aromatic carbocycles. The van der Waals surface area contributed by atoms with Gasteiger partial charge in [-0.05, 0) is 29.5 Å². The summed E-state index contributed by atoms with van der Waals surface area (Å²) in [6.07, 6.45) is 0.772. The topological polar surface area (TPSA) is 78.5 Å². The molecule has 1 atom stereocenters. The van der Waals surface area contributed by atoms with Crippen LogP contribution in [0.15, 0.2) is 24.3 Å². The van der Waals surface area contributed by atoms with E-state index in [1.54, 1.807) is 12.1 Å². The van der Waals surface area contributed by atoms with Crippen LogP contribution in [-0.2, 0) is 20.8 Å². The average Bonchev–Trinajstić information content (AvgIpc) is 2.67. The molecule has 1 unspecified atom stereocenters. The molecule has 0 spiro atoms. The van der Waals surface area contributed by atoms with E-state index in [2.05, 4.69) is 10.6 Å². The Labute approximate surface area is 178 Å². The summed E-state index contributed by atoms with van der Waals surface area (Å²) in [4.78, 5) is 39.0. The Morgan fingerprint density at radius 2 is 1.66 bits per heavy atom. The molecule has 7 heteroatoms. The minimum atomic E-state index is -0.584. The lowest BCUT2D eigenvalue weighted by atomic mass is 10.0. The van der Waals surface area contributed by atoms with Gasteiger partial charge in [-0.3, -0.25) is 14.4 Å². The van der Waals surface area contributed by atoms with Crippen LogP contribution in [0.25, 0.3) is 0 Å². The van der Waals surface area contributed by atoms with E-state index in [1.165, 1.54) is 0 Å². The Kier molecular flexibility index (Phi) is 9.01. The summed E-state index contributed by atoms with van der Waals surface area (Å²) in [5.41, 5.74) is 1.58. The summed E-state index contributed by atoms with van der Waals surface area (Å²) in [6.45, 7) is 9.40. The highest BCUT2D eigenvalue weighted by Crippen LogP contribution is 2.15. The van der Waals surface area contributed by atoms with Crippen LogP contribution < -0.4 is 10.6 Å². The molecule has 0 aliphatic carbocycles. The number of benzene rings is 1. The van der Waals surface area contributed by atoms with Crippen molar-refractivity contribution < 1.29 is 14.4 Å². The van der Waals surface area contributed by atoms with E-state index in [-0.39, 0.29) is 29.6 Å². The van der Waals surface area contributed by atoms with Crippen LogP contribution in [0.5, 0.6) is 0 Å². The molecule has 1 aliphatic rings. The second-order valence-electron chi connectivity index (χ2n) is 8.24. The molecule has 1 aliphatic heterocycles. The van der Waals surface area contributed by atoms with E-state index >= 15 is 0 Å². The second kappa shape index (κ2) is 11.2. The first-order valence-electron chi connectivity index (χ1n) is 10.3. The van der Waals surface area contributed by atoms with Crippen molar-refractivity contribution in [3.8, 4) is 0 Å². The quantitative estimate of drug-likeness (QED) is 0.679. The summed E-state index contributed by atoms with van der Waals surface area (Å²) in [5.74, 6) is 2.03. The van der Waals surface area contributed by atoms with Gasteiger partial charge < -0.3 is 15.5 Å². The molecule has 2 N–H and O–H groups in total. The summed E-state index contributed by atoms with van der Waals surface area (Å²) in [6, 6.07) is 6.77. The van der Waals surface area contributed by atoms with Gasteiger partial charge in [-0.25, -0.2) is 0 Å². The number of amides is 3. The number of hydrogen-bond donors (Lipinski definition) is 2. The minimum Gasteiger partial charge on any atom is -0.344 e. The largest absolute Gasteiger partial charge is 0.344 e. The number of nitrogens with zero attached hydrogens (tertiary/aromatic N) is 1. The second-order valence-corrected chi connectivity index (χ2v) is 9.47. The molecule has 1 saturated heterocycles. The summed E-state index contributed by atoms with van der Waals surface area (Å²) in [7, 11) is 0. The molecular weight excluding hydrogens is 386 g/mol. The van der Waals surface area contributed by atoms with Gasteiger partial charge in [0.1, 0.15) is 6.04 Å². The number of rotatable bonds is 8. The van der Waals surface area contributed by atoms with E-state index in [4.69, 9.17) is 0 Å². The Balaban J connectivity index is 1.91. The van der Waals surface area contributed by atoms with E-state index in [0.717, 1.165) is 30.2 Å². The van der Waals surface area contributed by atoms with Crippen molar-refractivity contribution in [1.29, 1.82) is 0 Å². The van der Waals surface area contributed by atoms with E-state index < -0.39 is 6.04 Å². The molecule has 0 bridgehead atoms. The number of anilines is 1. The van der Waals surface area contributed by atoms with Gasteiger partial charge in [-0.1, -0.05) is 39.8 Å². The molecular formula is C22H33N3O3S. The summed E-state index contributed by atoms with van der Waals surface area (Å²) in [5, 5.41) is 5.71.